The van der Waals surface area contributed by atoms with Crippen molar-refractivity contribution in [2.75, 3.05) is 13.7 Å². The van der Waals surface area contributed by atoms with Crippen LogP contribution in [0.1, 0.15) is 42.4 Å². The van der Waals surface area contributed by atoms with Crippen LogP contribution in [-0.2, 0) is 0 Å². The lowest BCUT2D eigenvalue weighted by Gasteiger charge is -2.32. The van der Waals surface area contributed by atoms with E-state index in [0.29, 0.717) is 6.04 Å². The van der Waals surface area contributed by atoms with Crippen LogP contribution in [0, 0.1) is 0 Å². The van der Waals surface area contributed by atoms with Crippen molar-refractivity contribution >= 4 is 11.3 Å². The molecule has 1 N–H and O–H groups in total. The molecule has 2 heterocycles. The van der Waals surface area contributed by atoms with Crippen LogP contribution in [0.2, 0.25) is 0 Å². The lowest BCUT2D eigenvalue weighted by Crippen LogP contribution is -2.29. The molecular formula is C17H21NO2S. The summed E-state index contributed by atoms with van der Waals surface area (Å²) in [5.41, 5.74) is 1.20. The number of hydrogen-bond donors (Lipinski definition) is 1. The molecule has 0 bridgehead atoms. The quantitative estimate of drug-likeness (QED) is 0.892. The Morgan fingerprint density at radius 2 is 2.29 bits per heavy atom. The summed E-state index contributed by atoms with van der Waals surface area (Å²) < 4.78 is 11.6. The van der Waals surface area contributed by atoms with E-state index in [1.165, 1.54) is 10.4 Å². The van der Waals surface area contributed by atoms with Crippen LogP contribution in [0.4, 0.5) is 0 Å². The van der Waals surface area contributed by atoms with Crippen molar-refractivity contribution in [3.63, 3.8) is 0 Å². The van der Waals surface area contributed by atoms with Gasteiger partial charge in [-0.15, -0.1) is 11.3 Å². The summed E-state index contributed by atoms with van der Waals surface area (Å²) in [7, 11) is 1.70. The molecule has 0 radical (unpaired) electrons. The lowest BCUT2D eigenvalue weighted by atomic mass is 9.95. The van der Waals surface area contributed by atoms with Crippen LogP contribution < -0.4 is 14.8 Å². The Hall–Kier alpha value is -1.52. The van der Waals surface area contributed by atoms with E-state index in [-0.39, 0.29) is 6.10 Å². The zero-order valence-electron chi connectivity index (χ0n) is 12.5. The van der Waals surface area contributed by atoms with Crippen LogP contribution in [0.15, 0.2) is 35.7 Å². The van der Waals surface area contributed by atoms with Gasteiger partial charge in [0.1, 0.15) is 17.6 Å². The molecule has 0 amide bonds. The highest BCUT2D eigenvalue weighted by Crippen LogP contribution is 2.43. The van der Waals surface area contributed by atoms with Crippen LogP contribution >= 0.6 is 11.3 Å². The van der Waals surface area contributed by atoms with Gasteiger partial charge >= 0.3 is 0 Å². The first-order chi connectivity index (χ1) is 10.3. The largest absolute Gasteiger partial charge is 0.497 e. The van der Waals surface area contributed by atoms with Crippen molar-refractivity contribution in [2.24, 2.45) is 0 Å². The molecule has 1 aliphatic heterocycles. The normalized spacial score (nSPS) is 20.7. The fraction of sp³-hybridized carbons (Fsp3) is 0.412. The second-order valence-electron chi connectivity index (χ2n) is 5.27. The molecule has 2 aromatic rings. The number of methoxy groups -OCH3 is 1. The van der Waals surface area contributed by atoms with Gasteiger partial charge in [0.25, 0.3) is 0 Å². The van der Waals surface area contributed by atoms with Gasteiger partial charge < -0.3 is 14.8 Å². The zero-order chi connectivity index (χ0) is 14.7. The Morgan fingerprint density at radius 3 is 3.00 bits per heavy atom. The summed E-state index contributed by atoms with van der Waals surface area (Å²) in [6, 6.07) is 10.6. The van der Waals surface area contributed by atoms with Gasteiger partial charge in [-0.3, -0.25) is 0 Å². The van der Waals surface area contributed by atoms with Crippen molar-refractivity contribution in [3.05, 3.63) is 46.2 Å². The number of benzene rings is 1. The molecule has 0 saturated carbocycles. The Labute approximate surface area is 129 Å². The molecule has 0 spiro atoms. The lowest BCUT2D eigenvalue weighted by molar-refractivity contribution is 0.154. The fourth-order valence-electron chi connectivity index (χ4n) is 2.74. The molecule has 21 heavy (non-hydrogen) atoms. The van der Waals surface area contributed by atoms with E-state index in [9.17, 15) is 0 Å². The maximum absolute atomic E-state index is 6.20. The first kappa shape index (κ1) is 14.4. The zero-order valence-corrected chi connectivity index (χ0v) is 13.3. The first-order valence-corrected chi connectivity index (χ1v) is 8.31. The molecule has 1 aromatic carbocycles. The summed E-state index contributed by atoms with van der Waals surface area (Å²) >= 11 is 1.76. The van der Waals surface area contributed by atoms with Gasteiger partial charge in [-0.1, -0.05) is 13.0 Å². The van der Waals surface area contributed by atoms with Crippen LogP contribution in [0.25, 0.3) is 0 Å². The van der Waals surface area contributed by atoms with Crippen molar-refractivity contribution in [1.82, 2.24) is 5.32 Å². The van der Waals surface area contributed by atoms with Gasteiger partial charge in [-0.05, 0) is 42.6 Å². The highest BCUT2D eigenvalue weighted by Gasteiger charge is 2.29. The summed E-state index contributed by atoms with van der Waals surface area (Å²) in [6.07, 6.45) is 2.22. The maximum atomic E-state index is 6.20. The van der Waals surface area contributed by atoms with Gasteiger partial charge in [-0.2, -0.15) is 0 Å². The third-order valence-electron chi connectivity index (χ3n) is 3.81. The Bertz CT molecular complexity index is 582. The number of fused-ring (bicyclic) bond motifs is 1. The average Bonchev–Trinajstić information content (AvgIpc) is 3.06. The Kier molecular flexibility index (Phi) is 4.46. The minimum absolute atomic E-state index is 0.139. The molecule has 0 fully saturated rings. The minimum Gasteiger partial charge on any atom is -0.497 e. The van der Waals surface area contributed by atoms with Crippen molar-refractivity contribution in [3.8, 4) is 11.5 Å². The van der Waals surface area contributed by atoms with Gasteiger partial charge in [0.2, 0.25) is 0 Å². The highest BCUT2D eigenvalue weighted by atomic mass is 32.1. The molecule has 3 rings (SSSR count). The standard InChI is InChI=1S/C17H21NO2S/c1-3-8-18-14-11-16(17-5-4-9-21-17)20-15-7-6-12(19-2)10-13(14)15/h4-7,9-10,14,16,18H,3,8,11H2,1-2H3. The first-order valence-electron chi connectivity index (χ1n) is 7.43. The van der Waals surface area contributed by atoms with E-state index >= 15 is 0 Å². The van der Waals surface area contributed by atoms with E-state index in [1.54, 1.807) is 18.4 Å². The smallest absolute Gasteiger partial charge is 0.135 e. The predicted molar refractivity (Wildman–Crippen MR) is 86.3 cm³/mol. The van der Waals surface area contributed by atoms with E-state index in [1.807, 2.05) is 12.1 Å². The van der Waals surface area contributed by atoms with Gasteiger partial charge in [0, 0.05) is 22.9 Å². The van der Waals surface area contributed by atoms with E-state index in [2.05, 4.69) is 35.8 Å². The van der Waals surface area contributed by atoms with Crippen LogP contribution in [0.3, 0.4) is 0 Å². The number of nitrogens with one attached hydrogen (secondary N) is 1. The number of rotatable bonds is 5. The van der Waals surface area contributed by atoms with Gasteiger partial charge in [0.15, 0.2) is 0 Å². The molecule has 2 unspecified atom stereocenters. The van der Waals surface area contributed by atoms with Crippen molar-refractivity contribution < 1.29 is 9.47 Å². The SMILES string of the molecule is CCCNC1CC(c2cccs2)Oc2ccc(OC)cc21. The summed E-state index contributed by atoms with van der Waals surface area (Å²) in [6.45, 7) is 3.20. The third kappa shape index (κ3) is 3.06. The minimum atomic E-state index is 0.139. The van der Waals surface area contributed by atoms with E-state index < -0.39 is 0 Å². The van der Waals surface area contributed by atoms with Gasteiger partial charge in [0.05, 0.1) is 7.11 Å². The summed E-state index contributed by atoms with van der Waals surface area (Å²) in [4.78, 5) is 1.29. The van der Waals surface area contributed by atoms with Crippen LogP contribution in [0.5, 0.6) is 11.5 Å². The van der Waals surface area contributed by atoms with E-state index in [0.717, 1.165) is 30.9 Å². The molecule has 112 valence electrons. The third-order valence-corrected chi connectivity index (χ3v) is 4.78. The Balaban J connectivity index is 1.90. The Morgan fingerprint density at radius 1 is 1.38 bits per heavy atom. The maximum Gasteiger partial charge on any atom is 0.135 e. The molecular weight excluding hydrogens is 282 g/mol. The van der Waals surface area contributed by atoms with Crippen molar-refractivity contribution in [1.29, 1.82) is 0 Å². The topological polar surface area (TPSA) is 30.5 Å². The fourth-order valence-corrected chi connectivity index (χ4v) is 3.50. The molecule has 1 aliphatic rings. The monoisotopic (exact) mass is 303 g/mol. The highest BCUT2D eigenvalue weighted by molar-refractivity contribution is 7.10. The molecule has 3 nitrogen and oxygen atoms in total. The van der Waals surface area contributed by atoms with Crippen molar-refractivity contribution in [2.45, 2.75) is 31.9 Å². The summed E-state index contributed by atoms with van der Waals surface area (Å²) in [5.74, 6) is 1.85. The van der Waals surface area contributed by atoms with E-state index in [4.69, 9.17) is 9.47 Å². The number of thiophene rings is 1. The number of ether oxygens (including phenoxy) is 2. The molecule has 2 atom stereocenters. The molecule has 1 aromatic heterocycles. The molecule has 0 saturated heterocycles. The predicted octanol–water partition coefficient (Wildman–Crippen LogP) is 4.32. The molecule has 0 aliphatic carbocycles. The molecule has 4 heteroatoms. The summed E-state index contributed by atoms with van der Waals surface area (Å²) in [5, 5.41) is 5.75. The van der Waals surface area contributed by atoms with Crippen LogP contribution in [-0.4, -0.2) is 13.7 Å². The van der Waals surface area contributed by atoms with Gasteiger partial charge in [-0.25, -0.2) is 0 Å². The second kappa shape index (κ2) is 6.50. The second-order valence-corrected chi connectivity index (χ2v) is 6.25. The average molecular weight is 303 g/mol. The number of hydrogen-bond acceptors (Lipinski definition) is 4.